The van der Waals surface area contributed by atoms with Gasteiger partial charge >= 0.3 is 0 Å². The molecule has 2 aliphatic rings. The summed E-state index contributed by atoms with van der Waals surface area (Å²) < 4.78 is 26.4. The van der Waals surface area contributed by atoms with Crippen molar-refractivity contribution in [3.63, 3.8) is 0 Å². The van der Waals surface area contributed by atoms with E-state index in [1.165, 1.54) is 19.3 Å². The summed E-state index contributed by atoms with van der Waals surface area (Å²) in [5.74, 6) is 0.988. The fourth-order valence-corrected chi connectivity index (χ4v) is 4.40. The van der Waals surface area contributed by atoms with Crippen LogP contribution >= 0.6 is 0 Å². The SMILES string of the molecule is O=S(=O)(CC1CCCCC1)NCC1CC(O)C1. The van der Waals surface area contributed by atoms with Gasteiger partial charge < -0.3 is 5.11 Å². The summed E-state index contributed by atoms with van der Waals surface area (Å²) in [6.07, 6.45) is 7.00. The lowest BCUT2D eigenvalue weighted by molar-refractivity contribution is 0.0453. The molecule has 0 aromatic carbocycles. The van der Waals surface area contributed by atoms with Gasteiger partial charge in [0, 0.05) is 6.54 Å². The Bertz CT molecular complexity index is 330. The molecule has 5 heteroatoms. The molecule has 2 saturated carbocycles. The van der Waals surface area contributed by atoms with Crippen LogP contribution in [0.1, 0.15) is 44.9 Å². The standard InChI is InChI=1S/C12H23NO3S/c14-12-6-11(7-12)8-13-17(15,16)9-10-4-2-1-3-5-10/h10-14H,1-9H2. The van der Waals surface area contributed by atoms with Crippen molar-refractivity contribution in [2.45, 2.75) is 51.0 Å². The lowest BCUT2D eigenvalue weighted by Gasteiger charge is -2.31. The molecular weight excluding hydrogens is 238 g/mol. The van der Waals surface area contributed by atoms with Crippen molar-refractivity contribution >= 4 is 10.0 Å². The third-order valence-corrected chi connectivity index (χ3v) is 5.50. The van der Waals surface area contributed by atoms with E-state index in [-0.39, 0.29) is 6.10 Å². The van der Waals surface area contributed by atoms with Crippen LogP contribution in [-0.2, 0) is 10.0 Å². The number of hydrogen-bond donors (Lipinski definition) is 2. The molecule has 0 amide bonds. The van der Waals surface area contributed by atoms with Gasteiger partial charge in [0.05, 0.1) is 11.9 Å². The van der Waals surface area contributed by atoms with Gasteiger partial charge in [0.1, 0.15) is 0 Å². The van der Waals surface area contributed by atoms with Crippen LogP contribution < -0.4 is 4.72 Å². The number of hydrogen-bond acceptors (Lipinski definition) is 3. The average molecular weight is 261 g/mol. The molecule has 0 bridgehead atoms. The first kappa shape index (κ1) is 13.3. The third-order valence-electron chi connectivity index (χ3n) is 3.98. The number of aliphatic hydroxyl groups excluding tert-OH is 1. The van der Waals surface area contributed by atoms with Crippen molar-refractivity contribution in [2.24, 2.45) is 11.8 Å². The van der Waals surface area contributed by atoms with Gasteiger partial charge in [-0.2, -0.15) is 0 Å². The Kier molecular flexibility index (Phi) is 4.44. The van der Waals surface area contributed by atoms with Crippen LogP contribution in [-0.4, -0.2) is 31.9 Å². The van der Waals surface area contributed by atoms with Crippen molar-refractivity contribution in [1.82, 2.24) is 4.72 Å². The maximum absolute atomic E-state index is 11.9. The van der Waals surface area contributed by atoms with Gasteiger partial charge in [0.15, 0.2) is 0 Å². The van der Waals surface area contributed by atoms with E-state index >= 15 is 0 Å². The molecule has 4 nitrogen and oxygen atoms in total. The zero-order valence-electron chi connectivity index (χ0n) is 10.3. The molecule has 0 unspecified atom stereocenters. The Morgan fingerprint density at radius 3 is 2.29 bits per heavy atom. The maximum Gasteiger partial charge on any atom is 0.211 e. The van der Waals surface area contributed by atoms with Crippen LogP contribution in [0.15, 0.2) is 0 Å². The van der Waals surface area contributed by atoms with Crippen molar-refractivity contribution in [3.8, 4) is 0 Å². The van der Waals surface area contributed by atoms with E-state index in [4.69, 9.17) is 5.11 Å². The fraction of sp³-hybridized carbons (Fsp3) is 1.00. The number of aliphatic hydroxyl groups is 1. The molecule has 0 aromatic heterocycles. The molecule has 2 aliphatic carbocycles. The van der Waals surface area contributed by atoms with Crippen molar-refractivity contribution in [1.29, 1.82) is 0 Å². The van der Waals surface area contributed by atoms with Crippen molar-refractivity contribution < 1.29 is 13.5 Å². The monoisotopic (exact) mass is 261 g/mol. The summed E-state index contributed by atoms with van der Waals surface area (Å²) in [6.45, 7) is 0.506. The largest absolute Gasteiger partial charge is 0.393 e. The van der Waals surface area contributed by atoms with Crippen LogP contribution in [0, 0.1) is 11.8 Å². The van der Waals surface area contributed by atoms with Crippen LogP contribution in [0.25, 0.3) is 0 Å². The predicted molar refractivity (Wildman–Crippen MR) is 67.1 cm³/mol. The Morgan fingerprint density at radius 1 is 1.06 bits per heavy atom. The molecule has 0 aromatic rings. The van der Waals surface area contributed by atoms with Gasteiger partial charge in [0.2, 0.25) is 10.0 Å². The normalized spacial score (nSPS) is 31.1. The van der Waals surface area contributed by atoms with Gasteiger partial charge in [-0.25, -0.2) is 13.1 Å². The summed E-state index contributed by atoms with van der Waals surface area (Å²) in [5, 5.41) is 9.13. The first-order valence-corrected chi connectivity index (χ1v) is 8.36. The summed E-state index contributed by atoms with van der Waals surface area (Å²) >= 11 is 0. The molecule has 0 aliphatic heterocycles. The Morgan fingerprint density at radius 2 is 1.71 bits per heavy atom. The van der Waals surface area contributed by atoms with E-state index in [2.05, 4.69) is 4.72 Å². The quantitative estimate of drug-likeness (QED) is 0.783. The molecule has 0 saturated heterocycles. The second kappa shape index (κ2) is 5.67. The highest BCUT2D eigenvalue weighted by molar-refractivity contribution is 7.89. The van der Waals surface area contributed by atoms with Gasteiger partial charge in [-0.1, -0.05) is 19.3 Å². The molecule has 0 spiro atoms. The van der Waals surface area contributed by atoms with E-state index < -0.39 is 10.0 Å². The molecular formula is C12H23NO3S. The van der Waals surface area contributed by atoms with Crippen LogP contribution in [0.2, 0.25) is 0 Å². The minimum atomic E-state index is -3.10. The van der Waals surface area contributed by atoms with E-state index in [0.717, 1.165) is 25.7 Å². The minimum absolute atomic E-state index is 0.206. The smallest absolute Gasteiger partial charge is 0.211 e. The predicted octanol–water partition coefficient (Wildman–Crippen LogP) is 1.26. The molecule has 0 radical (unpaired) electrons. The highest BCUT2D eigenvalue weighted by Crippen LogP contribution is 2.27. The molecule has 2 N–H and O–H groups in total. The maximum atomic E-state index is 11.9. The highest BCUT2D eigenvalue weighted by atomic mass is 32.2. The lowest BCUT2D eigenvalue weighted by atomic mass is 9.83. The zero-order valence-corrected chi connectivity index (χ0v) is 11.1. The van der Waals surface area contributed by atoms with E-state index in [1.54, 1.807) is 0 Å². The summed E-state index contributed by atoms with van der Waals surface area (Å²) in [5.41, 5.74) is 0. The van der Waals surface area contributed by atoms with Gasteiger partial charge in [-0.05, 0) is 37.5 Å². The fourth-order valence-electron chi connectivity index (χ4n) is 2.84. The summed E-state index contributed by atoms with van der Waals surface area (Å²) in [6, 6.07) is 0. The molecule has 2 fully saturated rings. The van der Waals surface area contributed by atoms with Crippen molar-refractivity contribution in [3.05, 3.63) is 0 Å². The summed E-state index contributed by atoms with van der Waals surface area (Å²) in [4.78, 5) is 0. The van der Waals surface area contributed by atoms with E-state index in [0.29, 0.717) is 24.1 Å². The van der Waals surface area contributed by atoms with E-state index in [9.17, 15) is 8.42 Å². The third kappa shape index (κ3) is 4.23. The topological polar surface area (TPSA) is 66.4 Å². The minimum Gasteiger partial charge on any atom is -0.393 e. The molecule has 17 heavy (non-hydrogen) atoms. The molecule has 2 rings (SSSR count). The second-order valence-corrected chi connectivity index (χ2v) is 7.48. The number of nitrogens with one attached hydrogen (secondary N) is 1. The first-order chi connectivity index (χ1) is 8.05. The molecule has 100 valence electrons. The average Bonchev–Trinajstić information content (AvgIpc) is 2.24. The first-order valence-electron chi connectivity index (χ1n) is 6.70. The number of rotatable bonds is 5. The number of sulfonamides is 1. The van der Waals surface area contributed by atoms with Gasteiger partial charge in [-0.3, -0.25) is 0 Å². The van der Waals surface area contributed by atoms with Gasteiger partial charge in [-0.15, -0.1) is 0 Å². The molecule has 0 atom stereocenters. The van der Waals surface area contributed by atoms with Crippen molar-refractivity contribution in [2.75, 3.05) is 12.3 Å². The summed E-state index contributed by atoms with van der Waals surface area (Å²) in [7, 11) is -3.10. The van der Waals surface area contributed by atoms with Crippen LogP contribution in [0.3, 0.4) is 0 Å². The molecule has 0 heterocycles. The zero-order chi connectivity index (χ0) is 12.3. The Hall–Kier alpha value is -0.130. The highest BCUT2D eigenvalue weighted by Gasteiger charge is 2.29. The van der Waals surface area contributed by atoms with Crippen LogP contribution in [0.5, 0.6) is 0 Å². The second-order valence-electron chi connectivity index (χ2n) is 5.63. The Balaban J connectivity index is 1.70. The van der Waals surface area contributed by atoms with Gasteiger partial charge in [0.25, 0.3) is 0 Å². The van der Waals surface area contributed by atoms with E-state index in [1.807, 2.05) is 0 Å². The Labute approximate surface area is 104 Å². The van der Waals surface area contributed by atoms with Crippen LogP contribution in [0.4, 0.5) is 0 Å². The lowest BCUT2D eigenvalue weighted by Crippen LogP contribution is -2.40.